The minimum absolute atomic E-state index is 0.698. The number of morpholine rings is 1. The lowest BCUT2D eigenvalue weighted by atomic mass is 10.0. The number of hydrogen-bond donors (Lipinski definition) is 1. The second-order valence-electron chi connectivity index (χ2n) is 7.18. The number of benzene rings is 2. The molecule has 2 aromatic carbocycles. The Bertz CT molecular complexity index is 1110. The van der Waals surface area contributed by atoms with Crippen LogP contribution in [0.25, 0.3) is 32.6 Å². The standard InChI is InChI=1S/C22H23N3O2/c1-15-13-23-14-19-21-18-4-3-17(27-11-8-25-6-9-26-10-7-25)12-16(18)2-5-20(21)24-22(15)19/h2-5,12-14,24H,6-11H2,1H3. The van der Waals surface area contributed by atoms with Crippen molar-refractivity contribution < 1.29 is 9.47 Å². The summed E-state index contributed by atoms with van der Waals surface area (Å²) in [5.41, 5.74) is 3.48. The maximum Gasteiger partial charge on any atom is 0.120 e. The highest BCUT2D eigenvalue weighted by molar-refractivity contribution is 6.20. The molecule has 138 valence electrons. The maximum absolute atomic E-state index is 6.01. The quantitative estimate of drug-likeness (QED) is 0.599. The first-order valence-corrected chi connectivity index (χ1v) is 9.51. The Kier molecular flexibility index (Phi) is 4.19. The molecule has 27 heavy (non-hydrogen) atoms. The summed E-state index contributed by atoms with van der Waals surface area (Å²) < 4.78 is 11.4. The number of nitrogens with zero attached hydrogens (tertiary/aromatic N) is 2. The van der Waals surface area contributed by atoms with Crippen LogP contribution in [0.15, 0.2) is 42.7 Å². The summed E-state index contributed by atoms with van der Waals surface area (Å²) in [6.45, 7) is 7.36. The molecule has 0 amide bonds. The lowest BCUT2D eigenvalue weighted by molar-refractivity contribution is 0.0322. The molecule has 0 spiro atoms. The third kappa shape index (κ3) is 3.03. The van der Waals surface area contributed by atoms with Crippen LogP contribution >= 0.6 is 0 Å². The van der Waals surface area contributed by atoms with Gasteiger partial charge >= 0.3 is 0 Å². The largest absolute Gasteiger partial charge is 0.492 e. The van der Waals surface area contributed by atoms with Crippen molar-refractivity contribution in [3.63, 3.8) is 0 Å². The fraction of sp³-hybridized carbons (Fsp3) is 0.318. The van der Waals surface area contributed by atoms with E-state index in [1.165, 1.54) is 32.6 Å². The predicted molar refractivity (Wildman–Crippen MR) is 109 cm³/mol. The Morgan fingerprint density at radius 3 is 2.89 bits per heavy atom. The van der Waals surface area contributed by atoms with Gasteiger partial charge in [-0.3, -0.25) is 9.88 Å². The molecule has 1 fully saturated rings. The van der Waals surface area contributed by atoms with Crippen molar-refractivity contribution in [2.45, 2.75) is 6.92 Å². The van der Waals surface area contributed by atoms with Crippen molar-refractivity contribution in [2.24, 2.45) is 0 Å². The van der Waals surface area contributed by atoms with Crippen LogP contribution in [0.3, 0.4) is 0 Å². The average Bonchev–Trinajstić information content (AvgIpc) is 3.09. The fourth-order valence-electron chi connectivity index (χ4n) is 3.96. The Morgan fingerprint density at radius 2 is 2.00 bits per heavy atom. The van der Waals surface area contributed by atoms with Gasteiger partial charge in [-0.15, -0.1) is 0 Å². The van der Waals surface area contributed by atoms with Crippen molar-refractivity contribution in [3.8, 4) is 5.75 Å². The van der Waals surface area contributed by atoms with Crippen LogP contribution in [0.2, 0.25) is 0 Å². The maximum atomic E-state index is 6.01. The van der Waals surface area contributed by atoms with Gasteiger partial charge in [0.25, 0.3) is 0 Å². The van der Waals surface area contributed by atoms with Gasteiger partial charge in [0, 0.05) is 48.3 Å². The van der Waals surface area contributed by atoms with E-state index in [1.54, 1.807) is 0 Å². The number of ether oxygens (including phenoxy) is 2. The molecule has 0 aliphatic carbocycles. The first-order chi connectivity index (χ1) is 13.3. The first kappa shape index (κ1) is 16.5. The van der Waals surface area contributed by atoms with Crippen molar-refractivity contribution in [1.82, 2.24) is 14.9 Å². The topological polar surface area (TPSA) is 50.4 Å². The van der Waals surface area contributed by atoms with Gasteiger partial charge in [0.1, 0.15) is 12.4 Å². The number of fused-ring (bicyclic) bond motifs is 5. The van der Waals surface area contributed by atoms with Gasteiger partial charge in [0.15, 0.2) is 0 Å². The van der Waals surface area contributed by atoms with Crippen LogP contribution in [-0.4, -0.2) is 54.3 Å². The molecular formula is C22H23N3O2. The van der Waals surface area contributed by atoms with Gasteiger partial charge < -0.3 is 14.5 Å². The number of H-pyrrole nitrogens is 1. The smallest absolute Gasteiger partial charge is 0.120 e. The van der Waals surface area contributed by atoms with E-state index in [1.807, 2.05) is 12.4 Å². The van der Waals surface area contributed by atoms with Gasteiger partial charge in [-0.1, -0.05) is 6.07 Å². The second-order valence-corrected chi connectivity index (χ2v) is 7.18. The summed E-state index contributed by atoms with van der Waals surface area (Å²) in [6, 6.07) is 10.7. The second kappa shape index (κ2) is 6.83. The average molecular weight is 361 g/mol. The van der Waals surface area contributed by atoms with E-state index in [4.69, 9.17) is 9.47 Å². The summed E-state index contributed by atoms with van der Waals surface area (Å²) in [6.07, 6.45) is 3.85. The van der Waals surface area contributed by atoms with E-state index in [9.17, 15) is 0 Å². The molecule has 0 atom stereocenters. The van der Waals surface area contributed by atoms with E-state index < -0.39 is 0 Å². The number of aryl methyl sites for hydroxylation is 1. The molecule has 0 saturated carbocycles. The van der Waals surface area contributed by atoms with Crippen LogP contribution in [0.1, 0.15) is 5.56 Å². The van der Waals surface area contributed by atoms with Crippen LogP contribution in [0, 0.1) is 6.92 Å². The Labute approximate surface area is 157 Å². The van der Waals surface area contributed by atoms with Gasteiger partial charge in [0.2, 0.25) is 0 Å². The normalized spacial score (nSPS) is 15.7. The number of nitrogens with one attached hydrogen (secondary N) is 1. The van der Waals surface area contributed by atoms with Crippen molar-refractivity contribution in [2.75, 3.05) is 39.5 Å². The lowest BCUT2D eigenvalue weighted by Gasteiger charge is -2.26. The van der Waals surface area contributed by atoms with Crippen LogP contribution in [-0.2, 0) is 4.74 Å². The van der Waals surface area contributed by atoms with Gasteiger partial charge in [-0.05, 0) is 47.5 Å². The van der Waals surface area contributed by atoms with E-state index >= 15 is 0 Å². The molecule has 5 rings (SSSR count). The molecule has 0 radical (unpaired) electrons. The summed E-state index contributed by atoms with van der Waals surface area (Å²) in [7, 11) is 0. The fourth-order valence-corrected chi connectivity index (χ4v) is 3.96. The molecule has 4 aromatic rings. The van der Waals surface area contributed by atoms with Crippen LogP contribution < -0.4 is 4.74 Å². The molecule has 1 aliphatic heterocycles. The van der Waals surface area contributed by atoms with Crippen LogP contribution in [0.5, 0.6) is 5.75 Å². The zero-order chi connectivity index (χ0) is 18.2. The zero-order valence-electron chi connectivity index (χ0n) is 15.5. The number of rotatable bonds is 4. The molecule has 2 aromatic heterocycles. The number of pyridine rings is 1. The predicted octanol–water partition coefficient (Wildman–Crippen LogP) is 3.89. The third-order valence-corrected chi connectivity index (χ3v) is 5.44. The molecule has 0 unspecified atom stereocenters. The van der Waals surface area contributed by atoms with E-state index in [0.717, 1.165) is 44.1 Å². The van der Waals surface area contributed by atoms with E-state index in [-0.39, 0.29) is 0 Å². The molecule has 1 aliphatic rings. The van der Waals surface area contributed by atoms with E-state index in [0.29, 0.717) is 6.61 Å². The van der Waals surface area contributed by atoms with Gasteiger partial charge in [0.05, 0.1) is 18.7 Å². The third-order valence-electron chi connectivity index (χ3n) is 5.44. The van der Waals surface area contributed by atoms with E-state index in [2.05, 4.69) is 52.1 Å². The zero-order valence-corrected chi connectivity index (χ0v) is 15.5. The summed E-state index contributed by atoms with van der Waals surface area (Å²) in [5.74, 6) is 0.921. The van der Waals surface area contributed by atoms with Gasteiger partial charge in [-0.2, -0.15) is 0 Å². The number of aromatic nitrogens is 2. The number of aromatic amines is 1. The number of hydrogen-bond acceptors (Lipinski definition) is 4. The molecule has 5 nitrogen and oxygen atoms in total. The molecule has 3 heterocycles. The SMILES string of the molecule is Cc1cncc2c1[nH]c1ccc3cc(OCCN4CCOCC4)ccc3c12. The van der Waals surface area contributed by atoms with Crippen molar-refractivity contribution in [3.05, 3.63) is 48.3 Å². The molecule has 0 bridgehead atoms. The first-order valence-electron chi connectivity index (χ1n) is 9.51. The molecule has 5 heteroatoms. The minimum Gasteiger partial charge on any atom is -0.492 e. The Morgan fingerprint density at radius 1 is 1.11 bits per heavy atom. The highest BCUT2D eigenvalue weighted by atomic mass is 16.5. The molecular weight excluding hydrogens is 338 g/mol. The molecule has 1 saturated heterocycles. The summed E-state index contributed by atoms with van der Waals surface area (Å²) >= 11 is 0. The lowest BCUT2D eigenvalue weighted by Crippen LogP contribution is -2.38. The summed E-state index contributed by atoms with van der Waals surface area (Å²) in [4.78, 5) is 10.3. The summed E-state index contributed by atoms with van der Waals surface area (Å²) in [5, 5.41) is 4.83. The van der Waals surface area contributed by atoms with Gasteiger partial charge in [-0.25, -0.2) is 0 Å². The van der Waals surface area contributed by atoms with Crippen molar-refractivity contribution >= 4 is 32.6 Å². The highest BCUT2D eigenvalue weighted by Crippen LogP contribution is 2.34. The molecule has 1 N–H and O–H groups in total. The minimum atomic E-state index is 0.698. The monoisotopic (exact) mass is 361 g/mol. The van der Waals surface area contributed by atoms with Crippen molar-refractivity contribution in [1.29, 1.82) is 0 Å². The highest BCUT2D eigenvalue weighted by Gasteiger charge is 2.12. The van der Waals surface area contributed by atoms with Crippen LogP contribution in [0.4, 0.5) is 0 Å². The Hall–Kier alpha value is -2.63. The Balaban J connectivity index is 1.44.